The summed E-state index contributed by atoms with van der Waals surface area (Å²) in [6, 6.07) is 4.64. The summed E-state index contributed by atoms with van der Waals surface area (Å²) in [6.45, 7) is 2.06. The lowest BCUT2D eigenvalue weighted by Gasteiger charge is -2.08. The number of carboxylic acid groups (broad SMARTS) is 1. The third-order valence-corrected chi connectivity index (χ3v) is 2.92. The van der Waals surface area contributed by atoms with E-state index in [1.54, 1.807) is 19.1 Å². The van der Waals surface area contributed by atoms with Crippen molar-refractivity contribution in [1.82, 2.24) is 5.32 Å². The van der Waals surface area contributed by atoms with Crippen molar-refractivity contribution in [2.24, 2.45) is 5.92 Å². The zero-order valence-corrected chi connectivity index (χ0v) is 11.4. The van der Waals surface area contributed by atoms with Crippen LogP contribution in [0.5, 0.6) is 0 Å². The first-order chi connectivity index (χ1) is 8.90. The van der Waals surface area contributed by atoms with Gasteiger partial charge < -0.3 is 16.2 Å². The Morgan fingerprint density at radius 2 is 2.11 bits per heavy atom. The quantitative estimate of drug-likeness (QED) is 0.551. The van der Waals surface area contributed by atoms with Crippen LogP contribution < -0.4 is 11.1 Å². The number of hydrogen-bond donors (Lipinski definition) is 3. The molecule has 0 spiro atoms. The lowest BCUT2D eigenvalue weighted by atomic mass is 10.1. The van der Waals surface area contributed by atoms with E-state index in [0.29, 0.717) is 35.7 Å². The number of nitrogen functional groups attached to an aromatic ring is 1. The first-order valence-corrected chi connectivity index (χ1v) is 6.35. The molecule has 1 aromatic carbocycles. The Balaban J connectivity index is 2.41. The van der Waals surface area contributed by atoms with Crippen molar-refractivity contribution in [2.45, 2.75) is 19.8 Å². The van der Waals surface area contributed by atoms with Crippen LogP contribution in [0, 0.1) is 5.92 Å². The number of benzene rings is 1. The maximum absolute atomic E-state index is 11.8. The maximum Gasteiger partial charge on any atom is 0.306 e. The maximum atomic E-state index is 11.8. The van der Waals surface area contributed by atoms with Crippen molar-refractivity contribution in [2.75, 3.05) is 12.3 Å². The number of carboxylic acids is 1. The van der Waals surface area contributed by atoms with Crippen molar-refractivity contribution >= 4 is 29.2 Å². The van der Waals surface area contributed by atoms with Crippen LogP contribution in [0.1, 0.15) is 30.1 Å². The second-order valence-electron chi connectivity index (χ2n) is 4.41. The van der Waals surface area contributed by atoms with E-state index >= 15 is 0 Å². The smallest absolute Gasteiger partial charge is 0.306 e. The van der Waals surface area contributed by atoms with Gasteiger partial charge in [0.15, 0.2) is 0 Å². The molecule has 0 aromatic heterocycles. The summed E-state index contributed by atoms with van der Waals surface area (Å²) < 4.78 is 0. The Hall–Kier alpha value is -1.75. The van der Waals surface area contributed by atoms with Gasteiger partial charge in [-0.3, -0.25) is 9.59 Å². The summed E-state index contributed by atoms with van der Waals surface area (Å²) in [4.78, 5) is 22.4. The van der Waals surface area contributed by atoms with Gasteiger partial charge in [-0.15, -0.1) is 0 Å². The van der Waals surface area contributed by atoms with Crippen molar-refractivity contribution in [3.8, 4) is 0 Å². The normalized spacial score (nSPS) is 11.9. The Morgan fingerprint density at radius 3 is 2.68 bits per heavy atom. The van der Waals surface area contributed by atoms with E-state index in [4.69, 9.17) is 22.4 Å². The fourth-order valence-electron chi connectivity index (χ4n) is 1.58. The Kier molecular flexibility index (Phi) is 5.63. The van der Waals surface area contributed by atoms with E-state index in [2.05, 4.69) is 5.32 Å². The summed E-state index contributed by atoms with van der Waals surface area (Å²) in [6.07, 6.45) is 1.13. The fraction of sp³-hybridized carbons (Fsp3) is 0.385. The van der Waals surface area contributed by atoms with E-state index in [9.17, 15) is 9.59 Å². The zero-order chi connectivity index (χ0) is 14.4. The molecule has 0 radical (unpaired) electrons. The van der Waals surface area contributed by atoms with Gasteiger partial charge in [0.2, 0.25) is 0 Å². The van der Waals surface area contributed by atoms with Crippen LogP contribution in [-0.2, 0) is 4.79 Å². The van der Waals surface area contributed by atoms with Gasteiger partial charge in [0, 0.05) is 22.8 Å². The topological polar surface area (TPSA) is 92.4 Å². The minimum absolute atomic E-state index is 0.267. The minimum Gasteiger partial charge on any atom is -0.481 e. The van der Waals surface area contributed by atoms with Crippen molar-refractivity contribution in [1.29, 1.82) is 0 Å². The monoisotopic (exact) mass is 284 g/mol. The van der Waals surface area contributed by atoms with Crippen LogP contribution in [0.15, 0.2) is 18.2 Å². The molecule has 0 aliphatic rings. The Bertz CT molecular complexity index is 457. The summed E-state index contributed by atoms with van der Waals surface area (Å²) in [5, 5.41) is 11.8. The predicted octanol–water partition coefficient (Wildman–Crippen LogP) is 2.15. The molecule has 4 N–H and O–H groups in total. The molecule has 0 heterocycles. The SMILES string of the molecule is CC(CCCNC(=O)c1cc(N)cc(Cl)c1)C(=O)O. The summed E-state index contributed by atoms with van der Waals surface area (Å²) in [7, 11) is 0. The average Bonchev–Trinajstić information content (AvgIpc) is 2.32. The van der Waals surface area contributed by atoms with Gasteiger partial charge in [-0.05, 0) is 31.0 Å². The lowest BCUT2D eigenvalue weighted by molar-refractivity contribution is -0.141. The molecule has 1 atom stereocenters. The molecule has 5 nitrogen and oxygen atoms in total. The molecule has 0 fully saturated rings. The van der Waals surface area contributed by atoms with Crippen molar-refractivity contribution < 1.29 is 14.7 Å². The molecule has 1 rings (SSSR count). The molecular formula is C13H17ClN2O3. The van der Waals surface area contributed by atoms with Crippen molar-refractivity contribution in [3.63, 3.8) is 0 Å². The predicted molar refractivity (Wildman–Crippen MR) is 74.2 cm³/mol. The first-order valence-electron chi connectivity index (χ1n) is 5.97. The zero-order valence-electron chi connectivity index (χ0n) is 10.6. The molecular weight excluding hydrogens is 268 g/mol. The largest absolute Gasteiger partial charge is 0.481 e. The fourth-order valence-corrected chi connectivity index (χ4v) is 1.82. The van der Waals surface area contributed by atoms with E-state index in [1.165, 1.54) is 6.07 Å². The molecule has 19 heavy (non-hydrogen) atoms. The van der Waals surface area contributed by atoms with Gasteiger partial charge in [0.25, 0.3) is 5.91 Å². The molecule has 1 unspecified atom stereocenters. The van der Waals surface area contributed by atoms with Gasteiger partial charge in [-0.2, -0.15) is 0 Å². The second-order valence-corrected chi connectivity index (χ2v) is 4.85. The Morgan fingerprint density at radius 1 is 1.42 bits per heavy atom. The number of hydrogen-bond acceptors (Lipinski definition) is 3. The number of nitrogens with two attached hydrogens (primary N) is 1. The van der Waals surface area contributed by atoms with Crippen LogP contribution in [0.25, 0.3) is 0 Å². The van der Waals surface area contributed by atoms with E-state index in [1.807, 2.05) is 0 Å². The van der Waals surface area contributed by atoms with Crippen LogP contribution in [-0.4, -0.2) is 23.5 Å². The average molecular weight is 285 g/mol. The van der Waals surface area contributed by atoms with Gasteiger partial charge in [-0.1, -0.05) is 18.5 Å². The Labute approximate surface area is 116 Å². The molecule has 1 aromatic rings. The summed E-state index contributed by atoms with van der Waals surface area (Å²) >= 11 is 5.81. The third-order valence-electron chi connectivity index (χ3n) is 2.70. The molecule has 0 aliphatic carbocycles. The molecule has 0 saturated carbocycles. The first kappa shape index (κ1) is 15.3. The highest BCUT2D eigenvalue weighted by molar-refractivity contribution is 6.31. The van der Waals surface area contributed by atoms with E-state index in [0.717, 1.165) is 0 Å². The van der Waals surface area contributed by atoms with Gasteiger partial charge in [-0.25, -0.2) is 0 Å². The third kappa shape index (κ3) is 5.18. The minimum atomic E-state index is -0.825. The second kappa shape index (κ2) is 6.99. The lowest BCUT2D eigenvalue weighted by Crippen LogP contribution is -2.25. The summed E-state index contributed by atoms with van der Waals surface area (Å²) in [5.41, 5.74) is 6.42. The number of carbonyl (C=O) groups excluding carboxylic acids is 1. The standard InChI is InChI=1S/C13H17ClN2O3/c1-8(13(18)19)3-2-4-16-12(17)9-5-10(14)7-11(15)6-9/h5-8H,2-4,15H2,1H3,(H,16,17)(H,18,19). The molecule has 0 aliphatic heterocycles. The number of amides is 1. The van der Waals surface area contributed by atoms with Gasteiger partial charge in [0.1, 0.15) is 0 Å². The van der Waals surface area contributed by atoms with Crippen LogP contribution in [0.4, 0.5) is 5.69 Å². The number of carbonyl (C=O) groups is 2. The van der Waals surface area contributed by atoms with Crippen LogP contribution >= 0.6 is 11.6 Å². The van der Waals surface area contributed by atoms with Crippen LogP contribution in [0.2, 0.25) is 5.02 Å². The van der Waals surface area contributed by atoms with Gasteiger partial charge >= 0.3 is 5.97 Å². The van der Waals surface area contributed by atoms with Crippen molar-refractivity contribution in [3.05, 3.63) is 28.8 Å². The number of rotatable bonds is 6. The highest BCUT2D eigenvalue weighted by Gasteiger charge is 2.11. The number of halogens is 1. The molecule has 0 bridgehead atoms. The number of anilines is 1. The molecule has 0 saturated heterocycles. The highest BCUT2D eigenvalue weighted by Crippen LogP contribution is 2.16. The van der Waals surface area contributed by atoms with E-state index < -0.39 is 11.9 Å². The summed E-state index contributed by atoms with van der Waals surface area (Å²) in [5.74, 6) is -1.50. The van der Waals surface area contributed by atoms with Gasteiger partial charge in [0.05, 0.1) is 5.92 Å². The highest BCUT2D eigenvalue weighted by atomic mass is 35.5. The molecule has 6 heteroatoms. The molecule has 1 amide bonds. The number of aliphatic carboxylic acids is 1. The van der Waals surface area contributed by atoms with Crippen LogP contribution in [0.3, 0.4) is 0 Å². The number of nitrogens with one attached hydrogen (secondary N) is 1. The van der Waals surface area contributed by atoms with E-state index in [-0.39, 0.29) is 5.91 Å². The molecule has 104 valence electrons.